The van der Waals surface area contributed by atoms with E-state index < -0.39 is 35.0 Å². The minimum absolute atomic E-state index is 0.0194. The van der Waals surface area contributed by atoms with Gasteiger partial charge in [0.15, 0.2) is 0 Å². The maximum atomic E-state index is 13.2. The summed E-state index contributed by atoms with van der Waals surface area (Å²) in [6, 6.07) is -2.28. The zero-order valence-electron chi connectivity index (χ0n) is 12.0. The fraction of sp³-hybridized carbons (Fsp3) is 0.571. The van der Waals surface area contributed by atoms with E-state index >= 15 is 0 Å². The lowest BCUT2D eigenvalue weighted by Gasteiger charge is -2.35. The number of alkyl halides is 3. The number of carboxylic acid groups (broad SMARTS) is 2. The van der Waals surface area contributed by atoms with Gasteiger partial charge in [0.25, 0.3) is 0 Å². The van der Waals surface area contributed by atoms with E-state index in [-0.39, 0.29) is 24.1 Å². The first kappa shape index (κ1) is 16.4. The van der Waals surface area contributed by atoms with Gasteiger partial charge in [0.2, 0.25) is 0 Å². The van der Waals surface area contributed by atoms with Crippen molar-refractivity contribution in [2.75, 3.05) is 0 Å². The van der Waals surface area contributed by atoms with Crippen LogP contribution in [0, 0.1) is 10.8 Å². The molecule has 0 saturated carbocycles. The largest absolute Gasteiger partial charge is 0.481 e. The number of carboxylic acids is 2. The monoisotopic (exact) mass is 319 g/mol. The average molecular weight is 319 g/mol. The summed E-state index contributed by atoms with van der Waals surface area (Å²) in [6.45, 7) is 2.59. The van der Waals surface area contributed by atoms with Gasteiger partial charge >= 0.3 is 18.1 Å². The van der Waals surface area contributed by atoms with Crippen molar-refractivity contribution in [3.05, 3.63) is 23.4 Å². The first-order valence-corrected chi connectivity index (χ1v) is 6.72. The van der Waals surface area contributed by atoms with Crippen LogP contribution in [-0.4, -0.2) is 34.4 Å². The summed E-state index contributed by atoms with van der Waals surface area (Å²) in [4.78, 5) is 23.1. The van der Waals surface area contributed by atoms with Crippen LogP contribution in [0.1, 0.15) is 26.7 Å². The molecule has 0 aromatic carbocycles. The van der Waals surface area contributed by atoms with Crippen LogP contribution in [0.15, 0.2) is 23.4 Å². The van der Waals surface area contributed by atoms with Crippen LogP contribution in [0.4, 0.5) is 13.2 Å². The summed E-state index contributed by atoms with van der Waals surface area (Å²) in [5, 5.41) is 21.0. The molecule has 0 spiro atoms. The lowest BCUT2D eigenvalue weighted by molar-refractivity contribution is -0.184. The lowest BCUT2D eigenvalue weighted by atomic mass is 9.67. The SMILES string of the molecule is CCC1(C(=O)O)C=CC2=C(C1)C(C)(C(=O)O)C(C(F)(F)F)N2. The molecule has 3 N–H and O–H groups in total. The molecular weight excluding hydrogens is 303 g/mol. The smallest absolute Gasteiger partial charge is 0.409 e. The molecule has 8 heteroatoms. The fourth-order valence-corrected chi connectivity index (χ4v) is 3.09. The topological polar surface area (TPSA) is 86.6 Å². The van der Waals surface area contributed by atoms with Gasteiger partial charge in [-0.25, -0.2) is 0 Å². The number of hydrogen-bond donors (Lipinski definition) is 3. The predicted octanol–water partition coefficient (Wildman–Crippen LogP) is 2.31. The third-order valence-electron chi connectivity index (χ3n) is 4.72. The van der Waals surface area contributed by atoms with E-state index in [1.807, 2.05) is 0 Å². The Morgan fingerprint density at radius 3 is 2.36 bits per heavy atom. The molecule has 1 heterocycles. The highest BCUT2D eigenvalue weighted by atomic mass is 19.4. The molecule has 0 radical (unpaired) electrons. The Morgan fingerprint density at radius 2 is 1.95 bits per heavy atom. The summed E-state index contributed by atoms with van der Waals surface area (Å²) in [7, 11) is 0. The van der Waals surface area contributed by atoms with Gasteiger partial charge in [-0.15, -0.1) is 0 Å². The van der Waals surface area contributed by atoms with Crippen molar-refractivity contribution < 1.29 is 33.0 Å². The van der Waals surface area contributed by atoms with E-state index in [1.165, 1.54) is 12.2 Å². The summed E-state index contributed by atoms with van der Waals surface area (Å²) < 4.78 is 39.6. The summed E-state index contributed by atoms with van der Waals surface area (Å²) in [5.74, 6) is -2.81. The second-order valence-electron chi connectivity index (χ2n) is 5.84. The number of nitrogens with one attached hydrogen (secondary N) is 1. The van der Waals surface area contributed by atoms with Crippen LogP contribution in [0.5, 0.6) is 0 Å². The van der Waals surface area contributed by atoms with Crippen LogP contribution < -0.4 is 5.32 Å². The first-order valence-electron chi connectivity index (χ1n) is 6.72. The van der Waals surface area contributed by atoms with Gasteiger partial charge in [0.05, 0.1) is 5.41 Å². The van der Waals surface area contributed by atoms with E-state index in [0.29, 0.717) is 0 Å². The van der Waals surface area contributed by atoms with E-state index in [9.17, 15) is 33.0 Å². The predicted molar refractivity (Wildman–Crippen MR) is 69.9 cm³/mol. The molecule has 122 valence electrons. The molecule has 2 aliphatic rings. The van der Waals surface area contributed by atoms with Crippen LogP contribution >= 0.6 is 0 Å². The molecule has 0 aromatic rings. The average Bonchev–Trinajstić information content (AvgIpc) is 2.72. The third kappa shape index (κ3) is 2.08. The third-order valence-corrected chi connectivity index (χ3v) is 4.72. The highest BCUT2D eigenvalue weighted by Gasteiger charge is 2.63. The van der Waals surface area contributed by atoms with Gasteiger partial charge in [-0.2, -0.15) is 13.2 Å². The zero-order chi connectivity index (χ0) is 16.9. The van der Waals surface area contributed by atoms with Crippen molar-refractivity contribution in [1.29, 1.82) is 0 Å². The summed E-state index contributed by atoms with van der Waals surface area (Å²) in [6.07, 6.45) is -2.28. The molecule has 3 unspecified atom stereocenters. The Kier molecular flexibility index (Phi) is 3.54. The summed E-state index contributed by atoms with van der Waals surface area (Å²) >= 11 is 0. The van der Waals surface area contributed by atoms with Gasteiger partial charge in [0, 0.05) is 5.70 Å². The van der Waals surface area contributed by atoms with Crippen LogP contribution in [0.3, 0.4) is 0 Å². The number of hydrogen-bond acceptors (Lipinski definition) is 3. The van der Waals surface area contributed by atoms with Crippen molar-refractivity contribution in [2.24, 2.45) is 10.8 Å². The Morgan fingerprint density at radius 1 is 1.36 bits per heavy atom. The standard InChI is InChI=1S/C14H16F3NO4/c1-3-13(11(21)22)5-4-8-7(6-13)12(2,10(19)20)9(18-8)14(15,16)17/h4-5,9,18H,3,6H2,1-2H3,(H,19,20)(H,21,22). The maximum absolute atomic E-state index is 13.2. The van der Waals surface area contributed by atoms with E-state index in [1.54, 1.807) is 6.92 Å². The van der Waals surface area contributed by atoms with E-state index in [0.717, 1.165) is 6.92 Å². The molecule has 1 aliphatic heterocycles. The van der Waals surface area contributed by atoms with Crippen molar-refractivity contribution in [2.45, 2.75) is 38.9 Å². The Balaban J connectivity index is 2.54. The van der Waals surface area contributed by atoms with Gasteiger partial charge in [0.1, 0.15) is 11.5 Å². The van der Waals surface area contributed by atoms with E-state index in [2.05, 4.69) is 5.32 Å². The van der Waals surface area contributed by atoms with Crippen molar-refractivity contribution in [1.82, 2.24) is 5.32 Å². The van der Waals surface area contributed by atoms with Crippen LogP contribution in [0.25, 0.3) is 0 Å². The fourth-order valence-electron chi connectivity index (χ4n) is 3.09. The molecular formula is C14H16F3NO4. The molecule has 0 saturated heterocycles. The Labute approximate surface area is 124 Å². The number of allylic oxidation sites excluding steroid dienone is 1. The number of halogens is 3. The van der Waals surface area contributed by atoms with Gasteiger partial charge in [-0.05, 0) is 31.4 Å². The van der Waals surface area contributed by atoms with Crippen molar-refractivity contribution in [3.8, 4) is 0 Å². The number of rotatable bonds is 3. The number of aliphatic carboxylic acids is 2. The van der Waals surface area contributed by atoms with Gasteiger partial charge in [-0.3, -0.25) is 9.59 Å². The van der Waals surface area contributed by atoms with Crippen LogP contribution in [-0.2, 0) is 9.59 Å². The highest BCUT2D eigenvalue weighted by molar-refractivity contribution is 5.84. The minimum Gasteiger partial charge on any atom is -0.481 e. The second kappa shape index (κ2) is 4.76. The summed E-state index contributed by atoms with van der Waals surface area (Å²) in [5.41, 5.74) is -3.57. The van der Waals surface area contributed by atoms with Crippen LogP contribution in [0.2, 0.25) is 0 Å². The second-order valence-corrected chi connectivity index (χ2v) is 5.84. The molecule has 5 nitrogen and oxygen atoms in total. The molecule has 1 aliphatic carbocycles. The van der Waals surface area contributed by atoms with Crippen molar-refractivity contribution >= 4 is 11.9 Å². The van der Waals surface area contributed by atoms with Gasteiger partial charge in [-0.1, -0.05) is 13.0 Å². The quantitative estimate of drug-likeness (QED) is 0.743. The molecule has 0 fully saturated rings. The zero-order valence-corrected chi connectivity index (χ0v) is 12.0. The molecule has 22 heavy (non-hydrogen) atoms. The molecule has 0 amide bonds. The van der Waals surface area contributed by atoms with Crippen molar-refractivity contribution in [3.63, 3.8) is 0 Å². The molecule has 2 rings (SSSR count). The Hall–Kier alpha value is -1.99. The Bertz CT molecular complexity index is 595. The normalized spacial score (nSPS) is 34.3. The first-order chi connectivity index (χ1) is 9.99. The molecule has 0 aromatic heterocycles. The highest BCUT2D eigenvalue weighted by Crippen LogP contribution is 2.52. The number of carbonyl (C=O) groups is 2. The van der Waals surface area contributed by atoms with E-state index in [4.69, 9.17) is 0 Å². The lowest BCUT2D eigenvalue weighted by Crippen LogP contribution is -2.52. The van der Waals surface area contributed by atoms with Gasteiger partial charge < -0.3 is 15.5 Å². The molecule has 3 atom stereocenters. The molecule has 0 bridgehead atoms. The maximum Gasteiger partial charge on any atom is 0.409 e. The minimum atomic E-state index is -4.77.